The number of nitrogens with zero attached hydrogens (tertiary/aromatic N) is 2. The first-order chi connectivity index (χ1) is 12.8. The quantitative estimate of drug-likeness (QED) is 0.891. The van der Waals surface area contributed by atoms with Crippen molar-refractivity contribution in [3.63, 3.8) is 0 Å². The van der Waals surface area contributed by atoms with E-state index in [4.69, 9.17) is 9.52 Å². The monoisotopic (exact) mass is 372 g/mol. The van der Waals surface area contributed by atoms with Crippen molar-refractivity contribution in [3.05, 3.63) is 35.6 Å². The molecular weight excluding hydrogens is 348 g/mol. The minimum Gasteiger partial charge on any atom is -0.480 e. The Hall–Kier alpha value is -2.83. The van der Waals surface area contributed by atoms with Crippen LogP contribution in [-0.4, -0.2) is 58.4 Å². The average Bonchev–Trinajstić information content (AvgIpc) is 2.87. The molecular formula is C20H24N2O5. The van der Waals surface area contributed by atoms with Crippen molar-refractivity contribution in [2.75, 3.05) is 19.6 Å². The summed E-state index contributed by atoms with van der Waals surface area (Å²) in [6, 6.07) is 7.37. The molecule has 1 saturated heterocycles. The van der Waals surface area contributed by atoms with Gasteiger partial charge in [-0.15, -0.1) is 0 Å². The van der Waals surface area contributed by atoms with Crippen LogP contribution in [0.4, 0.5) is 0 Å². The highest BCUT2D eigenvalue weighted by Gasteiger charge is 2.28. The third kappa shape index (κ3) is 4.30. The molecule has 0 bridgehead atoms. The van der Waals surface area contributed by atoms with E-state index in [9.17, 15) is 14.4 Å². The van der Waals surface area contributed by atoms with Gasteiger partial charge in [0.05, 0.1) is 0 Å². The van der Waals surface area contributed by atoms with Gasteiger partial charge in [-0.1, -0.05) is 11.6 Å². The molecule has 0 radical (unpaired) electrons. The number of benzene rings is 1. The SMILES string of the molecule is CC(=O)N(CC(=O)O)C1CCCN(C(=O)c2cc3cc(C)ccc3o2)CC1. The number of hydrogen-bond acceptors (Lipinski definition) is 4. The summed E-state index contributed by atoms with van der Waals surface area (Å²) in [6.07, 6.45) is 1.94. The van der Waals surface area contributed by atoms with Gasteiger partial charge in [-0.05, 0) is 44.4 Å². The van der Waals surface area contributed by atoms with E-state index in [0.717, 1.165) is 10.9 Å². The minimum atomic E-state index is -1.03. The number of aliphatic carboxylic acids is 1. The van der Waals surface area contributed by atoms with Crippen LogP contribution in [0.5, 0.6) is 0 Å². The highest BCUT2D eigenvalue weighted by molar-refractivity contribution is 5.96. The summed E-state index contributed by atoms with van der Waals surface area (Å²) < 4.78 is 5.71. The van der Waals surface area contributed by atoms with Crippen molar-refractivity contribution in [2.24, 2.45) is 0 Å². The summed E-state index contributed by atoms with van der Waals surface area (Å²) in [5.74, 6) is -1.14. The Morgan fingerprint density at radius 1 is 1.22 bits per heavy atom. The van der Waals surface area contributed by atoms with Crippen LogP contribution in [-0.2, 0) is 9.59 Å². The molecule has 144 valence electrons. The van der Waals surface area contributed by atoms with Crippen LogP contribution in [0.1, 0.15) is 42.3 Å². The fraction of sp³-hybridized carbons (Fsp3) is 0.450. The van der Waals surface area contributed by atoms with Gasteiger partial charge < -0.3 is 19.3 Å². The lowest BCUT2D eigenvalue weighted by Crippen LogP contribution is -2.43. The number of aryl methyl sites for hydroxylation is 1. The molecule has 1 unspecified atom stereocenters. The average molecular weight is 372 g/mol. The van der Waals surface area contributed by atoms with Crippen molar-refractivity contribution in [2.45, 2.75) is 39.2 Å². The summed E-state index contributed by atoms with van der Waals surface area (Å²) in [6.45, 7) is 4.08. The van der Waals surface area contributed by atoms with Crippen molar-refractivity contribution < 1.29 is 23.9 Å². The number of rotatable bonds is 4. The molecule has 7 nitrogen and oxygen atoms in total. The summed E-state index contributed by atoms with van der Waals surface area (Å²) in [7, 11) is 0. The van der Waals surface area contributed by atoms with E-state index >= 15 is 0 Å². The van der Waals surface area contributed by atoms with E-state index in [1.54, 1.807) is 11.0 Å². The molecule has 0 spiro atoms. The molecule has 1 fully saturated rings. The molecule has 2 aromatic rings. The van der Waals surface area contributed by atoms with E-state index in [-0.39, 0.29) is 24.4 Å². The van der Waals surface area contributed by atoms with Crippen molar-refractivity contribution in [1.82, 2.24) is 9.80 Å². The van der Waals surface area contributed by atoms with Crippen LogP contribution in [0.2, 0.25) is 0 Å². The Labute approximate surface area is 157 Å². The highest BCUT2D eigenvalue weighted by atomic mass is 16.4. The first-order valence-electron chi connectivity index (χ1n) is 9.13. The maximum absolute atomic E-state index is 12.9. The third-order valence-corrected chi connectivity index (χ3v) is 5.02. The fourth-order valence-electron chi connectivity index (χ4n) is 3.66. The van der Waals surface area contributed by atoms with E-state index in [1.807, 2.05) is 25.1 Å². The minimum absolute atomic E-state index is 0.169. The third-order valence-electron chi connectivity index (χ3n) is 5.02. The molecule has 0 saturated carbocycles. The first-order valence-corrected chi connectivity index (χ1v) is 9.13. The fourth-order valence-corrected chi connectivity index (χ4v) is 3.66. The second-order valence-electron chi connectivity index (χ2n) is 7.07. The molecule has 2 heterocycles. The zero-order valence-corrected chi connectivity index (χ0v) is 15.6. The number of carbonyl (C=O) groups is 3. The highest BCUT2D eigenvalue weighted by Crippen LogP contribution is 2.24. The molecule has 3 rings (SSSR count). The molecule has 1 N–H and O–H groups in total. The molecule has 27 heavy (non-hydrogen) atoms. The lowest BCUT2D eigenvalue weighted by Gasteiger charge is -2.28. The van der Waals surface area contributed by atoms with Crippen LogP contribution in [0.15, 0.2) is 28.7 Å². The number of likely N-dealkylation sites (tertiary alicyclic amines) is 1. The number of furan rings is 1. The first kappa shape index (κ1) is 18.9. The zero-order valence-electron chi connectivity index (χ0n) is 15.6. The van der Waals surface area contributed by atoms with E-state index in [1.165, 1.54) is 11.8 Å². The lowest BCUT2D eigenvalue weighted by molar-refractivity contribution is -0.145. The van der Waals surface area contributed by atoms with Crippen LogP contribution in [0.25, 0.3) is 11.0 Å². The predicted octanol–water partition coefficient (Wildman–Crippen LogP) is 2.67. The van der Waals surface area contributed by atoms with Crippen LogP contribution < -0.4 is 0 Å². The van der Waals surface area contributed by atoms with Gasteiger partial charge in [0, 0.05) is 31.4 Å². The van der Waals surface area contributed by atoms with Gasteiger partial charge >= 0.3 is 5.97 Å². The lowest BCUT2D eigenvalue weighted by atomic mass is 10.1. The van der Waals surface area contributed by atoms with E-state index < -0.39 is 5.97 Å². The molecule has 1 aromatic heterocycles. The van der Waals surface area contributed by atoms with Crippen molar-refractivity contribution in [1.29, 1.82) is 0 Å². The second kappa shape index (κ2) is 7.82. The second-order valence-corrected chi connectivity index (χ2v) is 7.07. The van der Waals surface area contributed by atoms with Crippen molar-refractivity contribution >= 4 is 28.8 Å². The van der Waals surface area contributed by atoms with Gasteiger partial charge in [0.25, 0.3) is 5.91 Å². The van der Waals surface area contributed by atoms with Gasteiger partial charge in [0.1, 0.15) is 12.1 Å². The Kier molecular flexibility index (Phi) is 5.48. The molecule has 2 amide bonds. The standard InChI is InChI=1S/C20H24N2O5/c1-13-5-6-17-15(10-13)11-18(27-17)20(26)21-8-3-4-16(7-9-21)22(14(2)23)12-19(24)25/h5-6,10-11,16H,3-4,7-9,12H2,1-2H3,(H,24,25). The number of carboxylic acid groups (broad SMARTS) is 1. The maximum atomic E-state index is 12.9. The van der Waals surface area contributed by atoms with Crippen LogP contribution in [0, 0.1) is 6.92 Å². The topological polar surface area (TPSA) is 91.1 Å². The number of carbonyl (C=O) groups excluding carboxylic acids is 2. The Morgan fingerprint density at radius 2 is 2.00 bits per heavy atom. The van der Waals surface area contributed by atoms with Gasteiger partial charge in [-0.25, -0.2) is 0 Å². The van der Waals surface area contributed by atoms with Gasteiger partial charge in [-0.2, -0.15) is 0 Å². The zero-order chi connectivity index (χ0) is 19.6. The van der Waals surface area contributed by atoms with Gasteiger partial charge in [0.2, 0.25) is 5.91 Å². The summed E-state index contributed by atoms with van der Waals surface area (Å²) in [5, 5.41) is 9.94. The Morgan fingerprint density at radius 3 is 2.70 bits per heavy atom. The smallest absolute Gasteiger partial charge is 0.323 e. The Balaban J connectivity index is 1.71. The van der Waals surface area contributed by atoms with Gasteiger partial charge in [-0.3, -0.25) is 14.4 Å². The normalized spacial score (nSPS) is 17.6. The summed E-state index contributed by atoms with van der Waals surface area (Å²) in [5.41, 5.74) is 1.78. The van der Waals surface area contributed by atoms with E-state index in [2.05, 4.69) is 0 Å². The number of amides is 2. The number of carboxylic acids is 1. The Bertz CT molecular complexity index is 872. The predicted molar refractivity (Wildman–Crippen MR) is 99.5 cm³/mol. The van der Waals surface area contributed by atoms with Crippen LogP contribution in [0.3, 0.4) is 0 Å². The molecule has 1 atom stereocenters. The van der Waals surface area contributed by atoms with Crippen molar-refractivity contribution in [3.8, 4) is 0 Å². The number of hydrogen-bond donors (Lipinski definition) is 1. The maximum Gasteiger partial charge on any atom is 0.323 e. The summed E-state index contributed by atoms with van der Waals surface area (Å²) in [4.78, 5) is 38.8. The van der Waals surface area contributed by atoms with Crippen LogP contribution >= 0.6 is 0 Å². The summed E-state index contributed by atoms with van der Waals surface area (Å²) >= 11 is 0. The van der Waals surface area contributed by atoms with E-state index in [0.29, 0.717) is 43.7 Å². The molecule has 1 aromatic carbocycles. The number of fused-ring (bicyclic) bond motifs is 1. The molecule has 7 heteroatoms. The van der Waals surface area contributed by atoms with Gasteiger partial charge in [0.15, 0.2) is 5.76 Å². The largest absolute Gasteiger partial charge is 0.480 e. The molecule has 1 aliphatic heterocycles. The molecule has 0 aliphatic carbocycles. The molecule has 1 aliphatic rings.